The van der Waals surface area contributed by atoms with Crippen molar-refractivity contribution in [1.29, 1.82) is 0 Å². The van der Waals surface area contributed by atoms with Gasteiger partial charge in [0.25, 0.3) is 0 Å². The molecule has 0 bridgehead atoms. The van der Waals surface area contributed by atoms with Crippen LogP contribution in [0.2, 0.25) is 0 Å². The maximum absolute atomic E-state index is 11.0. The number of carboxylic acids is 1. The maximum Gasteiger partial charge on any atom is 0.310 e. The van der Waals surface area contributed by atoms with Gasteiger partial charge in [-0.1, -0.05) is 0 Å². The molecule has 12 heavy (non-hydrogen) atoms. The van der Waals surface area contributed by atoms with E-state index >= 15 is 0 Å². The number of carbonyl (C=O) groups is 2. The van der Waals surface area contributed by atoms with Gasteiger partial charge in [-0.05, 0) is 0 Å². The molecule has 0 aliphatic carbocycles. The molecule has 0 aromatic carbocycles. The summed E-state index contributed by atoms with van der Waals surface area (Å²) >= 11 is 0. The number of nitrogens with one attached hydrogen (secondary N) is 1. The fourth-order valence-corrected chi connectivity index (χ4v) is 1.34. The molecule has 1 heterocycles. The predicted molar refractivity (Wildman–Crippen MR) is 39.5 cm³/mol. The Balaban J connectivity index is 2.63. The molecule has 2 atom stereocenters. The van der Waals surface area contributed by atoms with Crippen LogP contribution in [0.5, 0.6) is 0 Å². The third-order valence-electron chi connectivity index (χ3n) is 2.04. The molecule has 2 N–H and O–H groups in total. The normalized spacial score (nSPS) is 28.4. The average Bonchev–Trinajstić information content (AvgIpc) is 2.50. The zero-order valence-corrected chi connectivity index (χ0v) is 6.74. The van der Waals surface area contributed by atoms with Gasteiger partial charge in [0.15, 0.2) is 0 Å². The minimum atomic E-state index is -0.949. The Bertz CT molecular complexity index is 204. The summed E-state index contributed by atoms with van der Waals surface area (Å²) in [6.45, 7) is 0.735. The van der Waals surface area contributed by atoms with Gasteiger partial charge in [0.1, 0.15) is 0 Å². The van der Waals surface area contributed by atoms with Crippen LogP contribution in [0.15, 0.2) is 0 Å². The monoisotopic (exact) mass is 173 g/mol. The lowest BCUT2D eigenvalue weighted by atomic mass is 9.97. The summed E-state index contributed by atoms with van der Waals surface area (Å²) in [6.07, 6.45) is 0. The number of carboxylic acid groups (broad SMARTS) is 1. The summed E-state index contributed by atoms with van der Waals surface area (Å²) in [4.78, 5) is 21.6. The molecule has 68 valence electrons. The molecule has 1 aliphatic rings. The van der Waals surface area contributed by atoms with E-state index in [0.717, 1.165) is 0 Å². The number of carbonyl (C=O) groups excluding carboxylic acids is 1. The van der Waals surface area contributed by atoms with Gasteiger partial charge in [-0.2, -0.15) is 0 Å². The Morgan fingerprint density at radius 3 is 2.50 bits per heavy atom. The number of aliphatic carboxylic acids is 1. The van der Waals surface area contributed by atoms with Crippen molar-refractivity contribution < 1.29 is 19.4 Å². The third-order valence-corrected chi connectivity index (χ3v) is 2.04. The zero-order valence-electron chi connectivity index (χ0n) is 6.74. The molecule has 0 aromatic rings. The summed E-state index contributed by atoms with van der Waals surface area (Å²) in [7, 11) is 1.26. The van der Waals surface area contributed by atoms with Gasteiger partial charge in [-0.25, -0.2) is 0 Å². The van der Waals surface area contributed by atoms with Crippen LogP contribution in [0, 0.1) is 11.8 Å². The van der Waals surface area contributed by atoms with Crippen molar-refractivity contribution in [3.63, 3.8) is 0 Å². The molecular weight excluding hydrogens is 162 g/mol. The van der Waals surface area contributed by atoms with Gasteiger partial charge >= 0.3 is 11.9 Å². The van der Waals surface area contributed by atoms with Gasteiger partial charge in [-0.3, -0.25) is 9.59 Å². The molecule has 0 spiro atoms. The van der Waals surface area contributed by atoms with E-state index in [-0.39, 0.29) is 0 Å². The number of esters is 1. The largest absolute Gasteiger partial charge is 0.481 e. The molecule has 1 fully saturated rings. The van der Waals surface area contributed by atoms with E-state index in [1.807, 2.05) is 0 Å². The van der Waals surface area contributed by atoms with Crippen molar-refractivity contribution in [3.05, 3.63) is 0 Å². The number of hydrogen-bond donors (Lipinski definition) is 2. The van der Waals surface area contributed by atoms with E-state index in [1.165, 1.54) is 7.11 Å². The van der Waals surface area contributed by atoms with Crippen LogP contribution in [0.3, 0.4) is 0 Å². The fraction of sp³-hybridized carbons (Fsp3) is 0.714. The number of ether oxygens (including phenoxy) is 1. The molecule has 5 heteroatoms. The van der Waals surface area contributed by atoms with E-state index in [0.29, 0.717) is 13.1 Å². The van der Waals surface area contributed by atoms with Crippen molar-refractivity contribution in [3.8, 4) is 0 Å². The number of methoxy groups -OCH3 is 1. The predicted octanol–water partition coefficient (Wildman–Crippen LogP) is -0.920. The van der Waals surface area contributed by atoms with Crippen LogP contribution in [0.25, 0.3) is 0 Å². The molecule has 1 aliphatic heterocycles. The quantitative estimate of drug-likeness (QED) is 0.528. The van der Waals surface area contributed by atoms with Crippen LogP contribution in [-0.2, 0) is 14.3 Å². The van der Waals surface area contributed by atoms with Gasteiger partial charge in [0.2, 0.25) is 0 Å². The lowest BCUT2D eigenvalue weighted by molar-refractivity contribution is -0.153. The van der Waals surface area contributed by atoms with Crippen molar-refractivity contribution in [1.82, 2.24) is 5.32 Å². The molecule has 5 nitrogen and oxygen atoms in total. The summed E-state index contributed by atoms with van der Waals surface area (Å²) in [5, 5.41) is 11.5. The van der Waals surface area contributed by atoms with E-state index < -0.39 is 23.8 Å². The lowest BCUT2D eigenvalue weighted by Crippen LogP contribution is -2.29. The molecule has 1 saturated heterocycles. The Labute approximate surface area is 69.7 Å². The maximum atomic E-state index is 11.0. The molecule has 0 amide bonds. The molecule has 0 radical (unpaired) electrons. The standard InChI is InChI=1S/C7H11NO4/c1-12-7(11)5-3-8-2-4(5)6(9)10/h4-5,8H,2-3H2,1H3,(H,9,10)/t4?,5-/m0/s1. The fourth-order valence-electron chi connectivity index (χ4n) is 1.34. The van der Waals surface area contributed by atoms with Crippen molar-refractivity contribution in [2.24, 2.45) is 11.8 Å². The van der Waals surface area contributed by atoms with Crippen LogP contribution in [0.4, 0.5) is 0 Å². The highest BCUT2D eigenvalue weighted by atomic mass is 16.5. The van der Waals surface area contributed by atoms with E-state index in [2.05, 4.69) is 10.1 Å². The summed E-state index contributed by atoms with van der Waals surface area (Å²) in [5.41, 5.74) is 0. The van der Waals surface area contributed by atoms with Crippen LogP contribution in [0.1, 0.15) is 0 Å². The Morgan fingerprint density at radius 1 is 1.42 bits per heavy atom. The van der Waals surface area contributed by atoms with Gasteiger partial charge < -0.3 is 15.2 Å². The van der Waals surface area contributed by atoms with Gasteiger partial charge in [0.05, 0.1) is 18.9 Å². The first-order valence-corrected chi connectivity index (χ1v) is 3.68. The molecule has 0 aromatic heterocycles. The first-order valence-electron chi connectivity index (χ1n) is 3.68. The smallest absolute Gasteiger partial charge is 0.310 e. The summed E-state index contributed by atoms with van der Waals surface area (Å²) < 4.78 is 4.47. The second-order valence-electron chi connectivity index (χ2n) is 2.73. The van der Waals surface area contributed by atoms with E-state index in [9.17, 15) is 9.59 Å². The highest BCUT2D eigenvalue weighted by Gasteiger charge is 2.38. The Hall–Kier alpha value is -1.10. The average molecular weight is 173 g/mol. The Morgan fingerprint density at radius 2 is 2.00 bits per heavy atom. The summed E-state index contributed by atoms with van der Waals surface area (Å²) in [6, 6.07) is 0. The number of rotatable bonds is 2. The van der Waals surface area contributed by atoms with Gasteiger partial charge in [-0.15, -0.1) is 0 Å². The van der Waals surface area contributed by atoms with Crippen LogP contribution >= 0.6 is 0 Å². The summed E-state index contributed by atoms with van der Waals surface area (Å²) in [5.74, 6) is -2.58. The molecule has 0 saturated carbocycles. The second kappa shape index (κ2) is 3.53. The van der Waals surface area contributed by atoms with Crippen molar-refractivity contribution in [2.75, 3.05) is 20.2 Å². The van der Waals surface area contributed by atoms with Crippen molar-refractivity contribution in [2.45, 2.75) is 0 Å². The molecular formula is C7H11NO4. The third kappa shape index (κ3) is 1.55. The molecule has 1 unspecified atom stereocenters. The topological polar surface area (TPSA) is 75.6 Å². The van der Waals surface area contributed by atoms with E-state index in [4.69, 9.17) is 5.11 Å². The lowest BCUT2D eigenvalue weighted by Gasteiger charge is -2.10. The minimum Gasteiger partial charge on any atom is -0.481 e. The first-order chi connectivity index (χ1) is 5.66. The van der Waals surface area contributed by atoms with Crippen LogP contribution in [-0.4, -0.2) is 37.2 Å². The van der Waals surface area contributed by atoms with Crippen molar-refractivity contribution >= 4 is 11.9 Å². The SMILES string of the molecule is COC(=O)[C@H]1CNCC1C(=O)O. The Kier molecular flexibility index (Phi) is 2.65. The molecule has 1 rings (SSSR count). The van der Waals surface area contributed by atoms with E-state index in [1.54, 1.807) is 0 Å². The second-order valence-corrected chi connectivity index (χ2v) is 2.73. The van der Waals surface area contributed by atoms with Gasteiger partial charge in [0, 0.05) is 13.1 Å². The highest BCUT2D eigenvalue weighted by Crippen LogP contribution is 2.17. The zero-order chi connectivity index (χ0) is 9.14. The van der Waals surface area contributed by atoms with Crippen LogP contribution < -0.4 is 5.32 Å². The highest BCUT2D eigenvalue weighted by molar-refractivity contribution is 5.82. The first kappa shape index (κ1) is 8.99. The number of hydrogen-bond acceptors (Lipinski definition) is 4. The minimum absolute atomic E-state index is 0.342.